The summed E-state index contributed by atoms with van der Waals surface area (Å²) >= 11 is 8.82. The Bertz CT molecular complexity index is 336. The highest BCUT2D eigenvalue weighted by Gasteiger charge is 2.28. The number of likely N-dealkylation sites (N-methyl/N-ethyl adjacent to an activating group) is 1. The van der Waals surface area contributed by atoms with E-state index in [1.165, 1.54) is 15.8 Å². The van der Waals surface area contributed by atoms with E-state index in [2.05, 4.69) is 43.2 Å². The van der Waals surface area contributed by atoms with Crippen LogP contribution in [0.25, 0.3) is 0 Å². The zero-order valence-electron chi connectivity index (χ0n) is 8.43. The minimum absolute atomic E-state index is 0.296. The summed E-state index contributed by atoms with van der Waals surface area (Å²) in [4.78, 5) is 0. The molecule has 0 radical (unpaired) electrons. The molecule has 2 heterocycles. The van der Waals surface area contributed by atoms with Crippen molar-refractivity contribution in [3.63, 3.8) is 0 Å². The molecule has 0 spiro atoms. The number of ether oxygens (including phenoxy) is 1. The van der Waals surface area contributed by atoms with Gasteiger partial charge in [-0.25, -0.2) is 0 Å². The van der Waals surface area contributed by atoms with Crippen LogP contribution < -0.4 is 5.32 Å². The van der Waals surface area contributed by atoms with E-state index in [1.807, 2.05) is 7.05 Å². The van der Waals surface area contributed by atoms with Crippen molar-refractivity contribution in [3.8, 4) is 0 Å². The van der Waals surface area contributed by atoms with Crippen LogP contribution in [0, 0.1) is 0 Å². The van der Waals surface area contributed by atoms with Gasteiger partial charge in [-0.15, -0.1) is 11.3 Å². The standard InChI is InChI=1S/C10H13Br2NOS/c1-13-9(7-3-2-4-14-7)6-5-8(11)15-10(6)12/h5,7,9,13H,2-4H2,1H3. The van der Waals surface area contributed by atoms with Gasteiger partial charge in [0.15, 0.2) is 0 Å². The fourth-order valence-electron chi connectivity index (χ4n) is 1.97. The Morgan fingerprint density at radius 1 is 1.60 bits per heavy atom. The maximum atomic E-state index is 5.73. The summed E-state index contributed by atoms with van der Waals surface area (Å²) in [5, 5.41) is 3.35. The second kappa shape index (κ2) is 5.27. The number of halogens is 2. The predicted octanol–water partition coefficient (Wildman–Crippen LogP) is 3.71. The topological polar surface area (TPSA) is 21.3 Å². The lowest BCUT2D eigenvalue weighted by Crippen LogP contribution is -2.28. The van der Waals surface area contributed by atoms with E-state index in [4.69, 9.17) is 4.74 Å². The Labute approximate surface area is 111 Å². The minimum Gasteiger partial charge on any atom is -0.376 e. The Morgan fingerprint density at radius 2 is 2.40 bits per heavy atom. The molecule has 2 atom stereocenters. The monoisotopic (exact) mass is 353 g/mol. The summed E-state index contributed by atoms with van der Waals surface area (Å²) < 4.78 is 8.07. The number of thiophene rings is 1. The third-order valence-electron chi connectivity index (χ3n) is 2.67. The van der Waals surface area contributed by atoms with Gasteiger partial charge in [0.25, 0.3) is 0 Å². The van der Waals surface area contributed by atoms with Crippen LogP contribution in [0.3, 0.4) is 0 Å². The van der Waals surface area contributed by atoms with Gasteiger partial charge in [0.1, 0.15) is 0 Å². The molecule has 15 heavy (non-hydrogen) atoms. The van der Waals surface area contributed by atoms with Crippen molar-refractivity contribution in [2.45, 2.75) is 25.0 Å². The van der Waals surface area contributed by atoms with Crippen molar-refractivity contribution in [3.05, 3.63) is 19.2 Å². The van der Waals surface area contributed by atoms with E-state index in [-0.39, 0.29) is 0 Å². The average molecular weight is 355 g/mol. The third-order valence-corrected chi connectivity index (χ3v) is 5.05. The Kier molecular flexibility index (Phi) is 4.24. The lowest BCUT2D eigenvalue weighted by atomic mass is 10.0. The molecule has 0 saturated carbocycles. The molecule has 2 unspecified atom stereocenters. The van der Waals surface area contributed by atoms with Gasteiger partial charge < -0.3 is 10.1 Å². The summed E-state index contributed by atoms with van der Waals surface area (Å²) in [6.45, 7) is 0.895. The molecule has 1 N–H and O–H groups in total. The van der Waals surface area contributed by atoms with Crippen LogP contribution in [0.4, 0.5) is 0 Å². The molecule has 1 saturated heterocycles. The quantitative estimate of drug-likeness (QED) is 0.893. The fraction of sp³-hybridized carbons (Fsp3) is 0.600. The highest BCUT2D eigenvalue weighted by molar-refractivity contribution is 9.12. The van der Waals surface area contributed by atoms with E-state index in [9.17, 15) is 0 Å². The number of rotatable bonds is 3. The van der Waals surface area contributed by atoms with Gasteiger partial charge in [0, 0.05) is 6.61 Å². The largest absolute Gasteiger partial charge is 0.376 e. The van der Waals surface area contributed by atoms with E-state index in [0.717, 1.165) is 16.8 Å². The first-order valence-electron chi connectivity index (χ1n) is 4.96. The molecule has 1 aliphatic rings. The third kappa shape index (κ3) is 2.64. The van der Waals surface area contributed by atoms with Crippen LogP contribution in [0.15, 0.2) is 13.6 Å². The first kappa shape index (κ1) is 12.0. The lowest BCUT2D eigenvalue weighted by Gasteiger charge is -2.22. The second-order valence-corrected chi connectivity index (χ2v) is 7.35. The molecule has 0 aromatic carbocycles. The molecular weight excluding hydrogens is 342 g/mol. The van der Waals surface area contributed by atoms with Crippen LogP contribution >= 0.6 is 43.2 Å². The maximum Gasteiger partial charge on any atom is 0.0771 e. The van der Waals surface area contributed by atoms with Crippen molar-refractivity contribution >= 4 is 43.2 Å². The lowest BCUT2D eigenvalue weighted by molar-refractivity contribution is 0.0807. The summed E-state index contributed by atoms with van der Waals surface area (Å²) in [6, 6.07) is 2.46. The molecular formula is C10H13Br2NOS. The molecule has 1 aromatic rings. The molecule has 2 nitrogen and oxygen atoms in total. The second-order valence-electron chi connectivity index (χ2n) is 3.60. The molecule has 0 aliphatic carbocycles. The molecule has 0 bridgehead atoms. The van der Waals surface area contributed by atoms with Crippen molar-refractivity contribution in [2.24, 2.45) is 0 Å². The molecule has 1 fully saturated rings. The van der Waals surface area contributed by atoms with Gasteiger partial charge in [0.2, 0.25) is 0 Å². The molecule has 84 valence electrons. The molecule has 5 heteroatoms. The van der Waals surface area contributed by atoms with Crippen LogP contribution in [0.5, 0.6) is 0 Å². The normalized spacial score (nSPS) is 23.3. The van der Waals surface area contributed by atoms with Crippen molar-refractivity contribution < 1.29 is 4.74 Å². The summed E-state index contributed by atoms with van der Waals surface area (Å²) in [6.07, 6.45) is 2.63. The number of hydrogen-bond acceptors (Lipinski definition) is 3. The SMILES string of the molecule is CNC(c1cc(Br)sc1Br)C1CCCO1. The van der Waals surface area contributed by atoms with E-state index >= 15 is 0 Å². The Balaban J connectivity index is 2.21. The number of nitrogens with one attached hydrogen (secondary N) is 1. The summed E-state index contributed by atoms with van der Waals surface area (Å²) in [5.41, 5.74) is 1.29. The van der Waals surface area contributed by atoms with Gasteiger partial charge in [-0.05, 0) is 63.4 Å². The smallest absolute Gasteiger partial charge is 0.0771 e. The van der Waals surface area contributed by atoms with Crippen molar-refractivity contribution in [2.75, 3.05) is 13.7 Å². The zero-order valence-corrected chi connectivity index (χ0v) is 12.4. The zero-order chi connectivity index (χ0) is 10.8. The predicted molar refractivity (Wildman–Crippen MR) is 70.5 cm³/mol. The van der Waals surface area contributed by atoms with Gasteiger partial charge in [-0.1, -0.05) is 0 Å². The Hall–Kier alpha value is 0.580. The number of hydrogen-bond donors (Lipinski definition) is 1. The van der Waals surface area contributed by atoms with E-state index in [1.54, 1.807) is 11.3 Å². The Morgan fingerprint density at radius 3 is 2.87 bits per heavy atom. The van der Waals surface area contributed by atoms with Gasteiger partial charge in [0.05, 0.1) is 19.7 Å². The summed E-state index contributed by atoms with van der Waals surface area (Å²) in [5.74, 6) is 0. The first-order valence-corrected chi connectivity index (χ1v) is 7.36. The van der Waals surface area contributed by atoms with E-state index in [0.29, 0.717) is 12.1 Å². The van der Waals surface area contributed by atoms with Crippen molar-refractivity contribution in [1.82, 2.24) is 5.32 Å². The van der Waals surface area contributed by atoms with Gasteiger partial charge in [-0.2, -0.15) is 0 Å². The first-order chi connectivity index (χ1) is 7.22. The highest BCUT2D eigenvalue weighted by atomic mass is 79.9. The van der Waals surface area contributed by atoms with Gasteiger partial charge in [-0.3, -0.25) is 0 Å². The van der Waals surface area contributed by atoms with E-state index < -0.39 is 0 Å². The fourth-order valence-corrected chi connectivity index (χ4v) is 4.90. The minimum atomic E-state index is 0.296. The average Bonchev–Trinajstić information content (AvgIpc) is 2.79. The van der Waals surface area contributed by atoms with Crippen LogP contribution in [-0.2, 0) is 4.74 Å². The van der Waals surface area contributed by atoms with Gasteiger partial charge >= 0.3 is 0 Å². The summed E-state index contributed by atoms with van der Waals surface area (Å²) in [7, 11) is 1.99. The molecule has 1 aromatic heterocycles. The molecule has 1 aliphatic heterocycles. The van der Waals surface area contributed by atoms with Crippen LogP contribution in [0.2, 0.25) is 0 Å². The van der Waals surface area contributed by atoms with Crippen molar-refractivity contribution in [1.29, 1.82) is 0 Å². The van der Waals surface area contributed by atoms with Crippen LogP contribution in [-0.4, -0.2) is 19.8 Å². The molecule has 0 amide bonds. The van der Waals surface area contributed by atoms with Crippen LogP contribution in [0.1, 0.15) is 24.4 Å². The highest BCUT2D eigenvalue weighted by Crippen LogP contribution is 2.38. The maximum absolute atomic E-state index is 5.73. The molecule has 2 rings (SSSR count).